The number of thioether (sulfide) groups is 1. The summed E-state index contributed by atoms with van der Waals surface area (Å²) in [7, 11) is 1.65. The number of carbonyl (C=O) groups is 1. The van der Waals surface area contributed by atoms with E-state index in [-0.39, 0.29) is 17.2 Å². The normalized spacial score (nSPS) is 13.1. The molecule has 2 aromatic carbocycles. The molecule has 2 atom stereocenters. The molecule has 0 spiro atoms. The molecule has 2 rings (SSSR count). The largest absolute Gasteiger partial charge is 0.497 e. The first kappa shape index (κ1) is 18.4. The Hall–Kier alpha value is -1.94. The van der Waals surface area contributed by atoms with Gasteiger partial charge in [-0.1, -0.05) is 30.3 Å². The molecule has 0 unspecified atom stereocenters. The van der Waals surface area contributed by atoms with Gasteiger partial charge in [0.2, 0.25) is 5.91 Å². The zero-order valence-electron chi connectivity index (χ0n) is 14.5. The van der Waals surface area contributed by atoms with Crippen LogP contribution in [0.5, 0.6) is 5.75 Å². The average Bonchev–Trinajstić information content (AvgIpc) is 2.61. The van der Waals surface area contributed by atoms with E-state index in [0.29, 0.717) is 0 Å². The summed E-state index contributed by atoms with van der Waals surface area (Å²) in [4.78, 5) is 13.4. The summed E-state index contributed by atoms with van der Waals surface area (Å²) in [5.74, 6) is 0.905. The van der Waals surface area contributed by atoms with E-state index in [0.717, 1.165) is 23.5 Å². The Labute approximate surface area is 148 Å². The Kier molecular flexibility index (Phi) is 7.19. The highest BCUT2D eigenvalue weighted by Gasteiger charge is 2.16. The predicted octanol–water partition coefficient (Wildman–Crippen LogP) is 4.31. The molecule has 0 radical (unpaired) electrons. The van der Waals surface area contributed by atoms with Crippen LogP contribution < -0.4 is 10.1 Å². The predicted molar refractivity (Wildman–Crippen MR) is 101 cm³/mol. The van der Waals surface area contributed by atoms with Crippen molar-refractivity contribution in [2.24, 2.45) is 0 Å². The molecule has 2 aromatic rings. The molecule has 0 fully saturated rings. The van der Waals surface area contributed by atoms with Crippen molar-refractivity contribution in [3.05, 3.63) is 60.2 Å². The Morgan fingerprint density at radius 1 is 1.08 bits per heavy atom. The van der Waals surface area contributed by atoms with Gasteiger partial charge in [0.25, 0.3) is 0 Å². The van der Waals surface area contributed by atoms with Crippen LogP contribution in [0, 0.1) is 0 Å². The lowest BCUT2D eigenvalue weighted by atomic mass is 10.1. The van der Waals surface area contributed by atoms with Gasteiger partial charge in [0.05, 0.1) is 12.4 Å². The van der Waals surface area contributed by atoms with Crippen molar-refractivity contribution in [3.8, 4) is 5.75 Å². The second-order valence-electron chi connectivity index (χ2n) is 5.87. The van der Waals surface area contributed by atoms with Crippen LogP contribution in [0.15, 0.2) is 59.5 Å². The quantitative estimate of drug-likeness (QED) is 0.726. The molecule has 0 bridgehead atoms. The first-order chi connectivity index (χ1) is 11.6. The molecule has 24 heavy (non-hydrogen) atoms. The summed E-state index contributed by atoms with van der Waals surface area (Å²) in [6.45, 7) is 4.00. The summed E-state index contributed by atoms with van der Waals surface area (Å²) >= 11 is 1.56. The zero-order chi connectivity index (χ0) is 17.4. The zero-order valence-corrected chi connectivity index (χ0v) is 15.3. The minimum Gasteiger partial charge on any atom is -0.497 e. The third-order valence-corrected chi connectivity index (χ3v) is 4.95. The minimum absolute atomic E-state index is 0.0800. The van der Waals surface area contributed by atoms with Crippen LogP contribution in [0.1, 0.15) is 25.8 Å². The number of amides is 1. The van der Waals surface area contributed by atoms with Crippen molar-refractivity contribution in [2.75, 3.05) is 7.11 Å². The van der Waals surface area contributed by atoms with E-state index in [2.05, 4.69) is 24.4 Å². The number of rotatable bonds is 8. The lowest BCUT2D eigenvalue weighted by Gasteiger charge is -2.17. The number of carbonyl (C=O) groups excluding carboxylic acids is 1. The second-order valence-corrected chi connectivity index (χ2v) is 7.28. The lowest BCUT2D eigenvalue weighted by Crippen LogP contribution is -2.37. The van der Waals surface area contributed by atoms with Crippen molar-refractivity contribution in [3.63, 3.8) is 0 Å². The molecule has 0 saturated carbocycles. The molecular weight excluding hydrogens is 318 g/mol. The number of aryl methyl sites for hydroxylation is 1. The molecule has 0 aliphatic carbocycles. The average molecular weight is 343 g/mol. The van der Waals surface area contributed by atoms with Crippen molar-refractivity contribution in [2.45, 2.75) is 42.9 Å². The smallest absolute Gasteiger partial charge is 0.233 e. The fourth-order valence-electron chi connectivity index (χ4n) is 2.37. The van der Waals surface area contributed by atoms with E-state index in [1.54, 1.807) is 18.9 Å². The van der Waals surface area contributed by atoms with Gasteiger partial charge in [-0.3, -0.25) is 4.79 Å². The van der Waals surface area contributed by atoms with Crippen molar-refractivity contribution in [1.29, 1.82) is 0 Å². The van der Waals surface area contributed by atoms with E-state index < -0.39 is 0 Å². The molecule has 1 N–H and O–H groups in total. The fraction of sp³-hybridized carbons (Fsp3) is 0.350. The van der Waals surface area contributed by atoms with Gasteiger partial charge in [-0.05, 0) is 56.5 Å². The molecule has 0 saturated heterocycles. The van der Waals surface area contributed by atoms with Crippen molar-refractivity contribution < 1.29 is 9.53 Å². The van der Waals surface area contributed by atoms with E-state index in [1.165, 1.54) is 5.56 Å². The highest BCUT2D eigenvalue weighted by Crippen LogP contribution is 2.25. The van der Waals surface area contributed by atoms with Gasteiger partial charge in [-0.15, -0.1) is 11.8 Å². The van der Waals surface area contributed by atoms with Crippen LogP contribution in [0.3, 0.4) is 0 Å². The fourth-order valence-corrected chi connectivity index (χ4v) is 3.25. The number of methoxy groups -OCH3 is 1. The third kappa shape index (κ3) is 5.93. The van der Waals surface area contributed by atoms with Crippen molar-refractivity contribution >= 4 is 17.7 Å². The second kappa shape index (κ2) is 9.38. The Morgan fingerprint density at radius 3 is 2.38 bits per heavy atom. The summed E-state index contributed by atoms with van der Waals surface area (Å²) in [6, 6.07) is 18.3. The van der Waals surface area contributed by atoms with Crippen LogP contribution >= 0.6 is 11.8 Å². The molecule has 0 heterocycles. The Bertz CT molecular complexity index is 628. The maximum absolute atomic E-state index is 12.3. The van der Waals surface area contributed by atoms with Crippen molar-refractivity contribution in [1.82, 2.24) is 5.32 Å². The summed E-state index contributed by atoms with van der Waals surface area (Å²) < 4.78 is 5.15. The summed E-state index contributed by atoms with van der Waals surface area (Å²) in [6.07, 6.45) is 1.91. The number of hydrogen-bond acceptors (Lipinski definition) is 3. The molecule has 0 aromatic heterocycles. The maximum Gasteiger partial charge on any atom is 0.233 e. The van der Waals surface area contributed by atoms with Gasteiger partial charge in [0, 0.05) is 10.9 Å². The number of ether oxygens (including phenoxy) is 1. The minimum atomic E-state index is -0.127. The topological polar surface area (TPSA) is 38.3 Å². The van der Waals surface area contributed by atoms with Gasteiger partial charge >= 0.3 is 0 Å². The van der Waals surface area contributed by atoms with E-state index in [9.17, 15) is 4.79 Å². The molecular formula is C20H25NO2S. The monoisotopic (exact) mass is 343 g/mol. The van der Waals surface area contributed by atoms with Gasteiger partial charge < -0.3 is 10.1 Å². The highest BCUT2D eigenvalue weighted by atomic mass is 32.2. The van der Waals surface area contributed by atoms with E-state index in [1.807, 2.05) is 49.4 Å². The first-order valence-corrected chi connectivity index (χ1v) is 9.11. The maximum atomic E-state index is 12.3. The Morgan fingerprint density at radius 2 is 1.75 bits per heavy atom. The molecule has 128 valence electrons. The van der Waals surface area contributed by atoms with Crippen LogP contribution in [-0.2, 0) is 11.2 Å². The summed E-state index contributed by atoms with van der Waals surface area (Å²) in [5, 5.41) is 2.98. The number of benzene rings is 2. The molecule has 3 nitrogen and oxygen atoms in total. The Balaban J connectivity index is 1.77. The van der Waals surface area contributed by atoms with E-state index in [4.69, 9.17) is 4.74 Å². The van der Waals surface area contributed by atoms with Crippen LogP contribution in [0.2, 0.25) is 0 Å². The molecule has 0 aliphatic rings. The van der Waals surface area contributed by atoms with Gasteiger partial charge in [0.15, 0.2) is 0 Å². The van der Waals surface area contributed by atoms with Gasteiger partial charge in [0.1, 0.15) is 5.75 Å². The SMILES string of the molecule is COc1ccc(S[C@H](C)C(=O)N[C@@H](C)CCc2ccccc2)cc1. The van der Waals surface area contributed by atoms with E-state index >= 15 is 0 Å². The van der Waals surface area contributed by atoms with Crippen LogP contribution in [-0.4, -0.2) is 24.3 Å². The highest BCUT2D eigenvalue weighted by molar-refractivity contribution is 8.00. The third-order valence-electron chi connectivity index (χ3n) is 3.84. The first-order valence-electron chi connectivity index (χ1n) is 8.23. The van der Waals surface area contributed by atoms with Crippen LogP contribution in [0.4, 0.5) is 0 Å². The standard InChI is InChI=1S/C20H25NO2S/c1-15(9-10-17-7-5-4-6-8-17)21-20(22)16(2)24-19-13-11-18(23-3)12-14-19/h4-8,11-16H,9-10H2,1-3H3,(H,21,22)/t15-,16+/m0/s1. The van der Waals surface area contributed by atoms with Crippen LogP contribution in [0.25, 0.3) is 0 Å². The lowest BCUT2D eigenvalue weighted by molar-refractivity contribution is -0.120. The molecule has 1 amide bonds. The molecule has 4 heteroatoms. The summed E-state index contributed by atoms with van der Waals surface area (Å²) in [5.41, 5.74) is 1.30. The number of hydrogen-bond donors (Lipinski definition) is 1. The number of nitrogens with one attached hydrogen (secondary N) is 1. The van der Waals surface area contributed by atoms with Gasteiger partial charge in [-0.25, -0.2) is 0 Å². The molecule has 0 aliphatic heterocycles. The van der Waals surface area contributed by atoms with Gasteiger partial charge in [-0.2, -0.15) is 0 Å².